The van der Waals surface area contributed by atoms with Gasteiger partial charge in [0.05, 0.1) is 11.0 Å². The maximum atomic E-state index is 5.77. The van der Waals surface area contributed by atoms with Gasteiger partial charge in [0.1, 0.15) is 18.2 Å². The highest BCUT2D eigenvalue weighted by Crippen LogP contribution is 2.15. The molecule has 118 valence electrons. The van der Waals surface area contributed by atoms with Crippen LogP contribution in [0.25, 0.3) is 11.0 Å². The molecule has 0 aliphatic carbocycles. The third-order valence-electron chi connectivity index (χ3n) is 3.98. The number of aromatic amines is 1. The largest absolute Gasteiger partial charge is 0.489 e. The van der Waals surface area contributed by atoms with E-state index in [4.69, 9.17) is 4.74 Å². The number of rotatable bonds is 5. The fraction of sp³-hybridized carbons (Fsp3) is 0.0952. The highest BCUT2D eigenvalue weighted by Gasteiger charge is 2.03. The summed E-state index contributed by atoms with van der Waals surface area (Å²) in [6.45, 7) is 0.578. The van der Waals surface area contributed by atoms with Crippen LogP contribution in [0.15, 0.2) is 78.9 Å². The van der Waals surface area contributed by atoms with Crippen molar-refractivity contribution in [3.05, 3.63) is 95.8 Å². The van der Waals surface area contributed by atoms with Gasteiger partial charge in [-0.3, -0.25) is 0 Å². The van der Waals surface area contributed by atoms with E-state index in [1.54, 1.807) is 0 Å². The van der Waals surface area contributed by atoms with Crippen molar-refractivity contribution < 1.29 is 4.74 Å². The molecule has 0 saturated carbocycles. The zero-order valence-electron chi connectivity index (χ0n) is 13.3. The Kier molecular flexibility index (Phi) is 3.98. The topological polar surface area (TPSA) is 37.9 Å². The third-order valence-corrected chi connectivity index (χ3v) is 3.98. The number of nitrogens with zero attached hydrogens (tertiary/aromatic N) is 1. The van der Waals surface area contributed by atoms with Crippen molar-refractivity contribution in [1.82, 2.24) is 9.97 Å². The Bertz CT molecular complexity index is 894. The van der Waals surface area contributed by atoms with Gasteiger partial charge >= 0.3 is 0 Å². The summed E-state index contributed by atoms with van der Waals surface area (Å²) >= 11 is 0. The summed E-state index contributed by atoms with van der Waals surface area (Å²) in [5.41, 5.74) is 4.49. The van der Waals surface area contributed by atoms with Crippen LogP contribution in [0.3, 0.4) is 0 Å². The second-order valence-electron chi connectivity index (χ2n) is 5.80. The summed E-state index contributed by atoms with van der Waals surface area (Å²) in [6.07, 6.45) is 0.800. The number of benzene rings is 3. The highest BCUT2D eigenvalue weighted by atomic mass is 16.5. The highest BCUT2D eigenvalue weighted by molar-refractivity contribution is 5.74. The van der Waals surface area contributed by atoms with Gasteiger partial charge in [-0.1, -0.05) is 54.6 Å². The van der Waals surface area contributed by atoms with E-state index < -0.39 is 0 Å². The standard InChI is InChI=1S/C21H18N2O/c1-2-6-18(7-3-1)24-15-17-12-10-16(11-13-17)14-21-22-19-8-4-5-9-20(19)23-21/h1-13H,14-15H2,(H,22,23). The molecule has 1 aromatic heterocycles. The number of para-hydroxylation sites is 3. The minimum atomic E-state index is 0.578. The maximum absolute atomic E-state index is 5.77. The van der Waals surface area contributed by atoms with Crippen LogP contribution in [0.1, 0.15) is 17.0 Å². The second kappa shape index (κ2) is 6.59. The summed E-state index contributed by atoms with van der Waals surface area (Å²) in [4.78, 5) is 8.00. The minimum Gasteiger partial charge on any atom is -0.489 e. The van der Waals surface area contributed by atoms with Crippen molar-refractivity contribution in [3.8, 4) is 5.75 Å². The van der Waals surface area contributed by atoms with Crippen molar-refractivity contribution in [2.45, 2.75) is 13.0 Å². The number of imidazole rings is 1. The lowest BCUT2D eigenvalue weighted by atomic mass is 10.1. The van der Waals surface area contributed by atoms with Crippen LogP contribution in [0.2, 0.25) is 0 Å². The smallest absolute Gasteiger partial charge is 0.119 e. The normalized spacial score (nSPS) is 10.8. The first-order valence-corrected chi connectivity index (χ1v) is 8.06. The summed E-state index contributed by atoms with van der Waals surface area (Å²) in [5.74, 6) is 1.88. The van der Waals surface area contributed by atoms with E-state index in [0.29, 0.717) is 6.61 Å². The van der Waals surface area contributed by atoms with Crippen LogP contribution in [-0.4, -0.2) is 9.97 Å². The average Bonchev–Trinajstić information content (AvgIpc) is 3.04. The Balaban J connectivity index is 1.41. The molecule has 3 nitrogen and oxygen atoms in total. The summed E-state index contributed by atoms with van der Waals surface area (Å²) in [6, 6.07) is 26.5. The maximum Gasteiger partial charge on any atom is 0.119 e. The molecule has 3 aromatic carbocycles. The van der Waals surface area contributed by atoms with E-state index >= 15 is 0 Å². The van der Waals surface area contributed by atoms with E-state index in [2.05, 4.69) is 40.3 Å². The van der Waals surface area contributed by atoms with E-state index in [-0.39, 0.29) is 0 Å². The van der Waals surface area contributed by atoms with Gasteiger partial charge in [-0.2, -0.15) is 0 Å². The number of hydrogen-bond acceptors (Lipinski definition) is 2. The molecule has 0 aliphatic rings. The molecular weight excluding hydrogens is 296 g/mol. The average molecular weight is 314 g/mol. The first-order chi connectivity index (χ1) is 11.9. The van der Waals surface area contributed by atoms with Crippen molar-refractivity contribution >= 4 is 11.0 Å². The van der Waals surface area contributed by atoms with Crippen molar-refractivity contribution in [3.63, 3.8) is 0 Å². The predicted octanol–water partition coefficient (Wildman–Crippen LogP) is 4.73. The fourth-order valence-corrected chi connectivity index (χ4v) is 2.72. The first kappa shape index (κ1) is 14.5. The molecule has 0 spiro atoms. The molecule has 0 radical (unpaired) electrons. The third kappa shape index (κ3) is 3.30. The van der Waals surface area contributed by atoms with E-state index in [9.17, 15) is 0 Å². The van der Waals surface area contributed by atoms with Crippen LogP contribution in [0, 0.1) is 0 Å². The van der Waals surface area contributed by atoms with Gasteiger partial charge in [0, 0.05) is 6.42 Å². The van der Waals surface area contributed by atoms with Crippen LogP contribution in [0.5, 0.6) is 5.75 Å². The Morgan fingerprint density at radius 3 is 2.25 bits per heavy atom. The lowest BCUT2D eigenvalue weighted by Gasteiger charge is -2.06. The van der Waals surface area contributed by atoms with Crippen LogP contribution in [-0.2, 0) is 13.0 Å². The summed E-state index contributed by atoms with van der Waals surface area (Å²) in [7, 11) is 0. The SMILES string of the molecule is c1ccc(OCc2ccc(Cc3nc4ccccc4[nH]3)cc2)cc1. The predicted molar refractivity (Wildman–Crippen MR) is 96.1 cm³/mol. The Hall–Kier alpha value is -3.07. The zero-order valence-corrected chi connectivity index (χ0v) is 13.3. The van der Waals surface area contributed by atoms with Gasteiger partial charge in [-0.25, -0.2) is 4.98 Å². The summed E-state index contributed by atoms with van der Waals surface area (Å²) < 4.78 is 5.77. The Morgan fingerprint density at radius 2 is 1.46 bits per heavy atom. The van der Waals surface area contributed by atoms with Crippen LogP contribution >= 0.6 is 0 Å². The molecule has 0 bridgehead atoms. The van der Waals surface area contributed by atoms with Crippen molar-refractivity contribution in [1.29, 1.82) is 0 Å². The van der Waals surface area contributed by atoms with E-state index in [0.717, 1.165) is 34.6 Å². The molecule has 3 heteroatoms. The van der Waals surface area contributed by atoms with E-state index in [1.165, 1.54) is 5.56 Å². The van der Waals surface area contributed by atoms with Gasteiger partial charge in [0.15, 0.2) is 0 Å². The van der Waals surface area contributed by atoms with Gasteiger partial charge in [-0.05, 0) is 35.4 Å². The van der Waals surface area contributed by atoms with Crippen molar-refractivity contribution in [2.24, 2.45) is 0 Å². The molecule has 4 aromatic rings. The Morgan fingerprint density at radius 1 is 0.750 bits per heavy atom. The number of aromatic nitrogens is 2. The molecule has 0 saturated heterocycles. The molecule has 1 N–H and O–H groups in total. The zero-order chi connectivity index (χ0) is 16.2. The van der Waals surface area contributed by atoms with Crippen LogP contribution in [0.4, 0.5) is 0 Å². The van der Waals surface area contributed by atoms with Gasteiger partial charge in [-0.15, -0.1) is 0 Å². The molecule has 4 rings (SSSR count). The second-order valence-corrected chi connectivity index (χ2v) is 5.80. The molecule has 24 heavy (non-hydrogen) atoms. The van der Waals surface area contributed by atoms with Gasteiger partial charge < -0.3 is 9.72 Å². The Labute approximate surface area is 140 Å². The van der Waals surface area contributed by atoms with E-state index in [1.807, 2.05) is 48.5 Å². The lowest BCUT2D eigenvalue weighted by molar-refractivity contribution is 0.306. The minimum absolute atomic E-state index is 0.578. The molecule has 0 aliphatic heterocycles. The molecule has 0 amide bonds. The van der Waals surface area contributed by atoms with Crippen molar-refractivity contribution in [2.75, 3.05) is 0 Å². The number of fused-ring (bicyclic) bond motifs is 1. The molecule has 0 unspecified atom stereocenters. The molecular formula is C21H18N2O. The number of hydrogen-bond donors (Lipinski definition) is 1. The quantitative estimate of drug-likeness (QED) is 0.578. The number of ether oxygens (including phenoxy) is 1. The van der Waals surface area contributed by atoms with Gasteiger partial charge in [0.2, 0.25) is 0 Å². The monoisotopic (exact) mass is 314 g/mol. The molecule has 0 fully saturated rings. The molecule has 0 atom stereocenters. The number of nitrogens with one attached hydrogen (secondary N) is 1. The molecule has 1 heterocycles. The van der Waals surface area contributed by atoms with Crippen LogP contribution < -0.4 is 4.74 Å². The fourth-order valence-electron chi connectivity index (χ4n) is 2.72. The summed E-state index contributed by atoms with van der Waals surface area (Å²) in [5, 5.41) is 0. The number of H-pyrrole nitrogens is 1. The lowest BCUT2D eigenvalue weighted by Crippen LogP contribution is -1.96. The van der Waals surface area contributed by atoms with Gasteiger partial charge in [0.25, 0.3) is 0 Å². The first-order valence-electron chi connectivity index (χ1n) is 8.06.